The Hall–Kier alpha value is -1.35. The molecule has 3 heteroatoms. The van der Waals surface area contributed by atoms with Gasteiger partial charge in [-0.15, -0.1) is 0 Å². The second-order valence-corrected chi connectivity index (χ2v) is 3.78. The zero-order chi connectivity index (χ0) is 10.7. The minimum atomic E-state index is 0.921. The van der Waals surface area contributed by atoms with Crippen molar-refractivity contribution in [2.75, 3.05) is 25.0 Å². The SMILES string of the molecule is CNCc1ccc(N2CCN=C2C)cc1. The standard InChI is InChI=1S/C12H17N3/c1-10-14-7-8-15(10)12-5-3-11(4-6-12)9-13-2/h3-6,13H,7-9H2,1-2H3. The summed E-state index contributed by atoms with van der Waals surface area (Å²) in [5.74, 6) is 1.12. The number of hydrogen-bond donors (Lipinski definition) is 1. The van der Waals surface area contributed by atoms with Gasteiger partial charge in [0, 0.05) is 18.8 Å². The summed E-state index contributed by atoms with van der Waals surface area (Å²) in [5, 5.41) is 3.14. The topological polar surface area (TPSA) is 27.6 Å². The number of anilines is 1. The molecule has 1 N–H and O–H groups in total. The number of aliphatic imine (C=N–C) groups is 1. The lowest BCUT2D eigenvalue weighted by Crippen LogP contribution is -2.24. The molecule has 1 heterocycles. The smallest absolute Gasteiger partial charge is 0.100 e. The average Bonchev–Trinajstić information content (AvgIpc) is 2.66. The highest BCUT2D eigenvalue weighted by Gasteiger charge is 2.13. The molecule has 2 rings (SSSR count). The third-order valence-electron chi connectivity index (χ3n) is 2.68. The normalized spacial score (nSPS) is 15.6. The molecule has 0 aromatic heterocycles. The molecule has 0 saturated heterocycles. The quantitative estimate of drug-likeness (QED) is 0.808. The predicted molar refractivity (Wildman–Crippen MR) is 64.5 cm³/mol. The molecule has 15 heavy (non-hydrogen) atoms. The molecule has 0 saturated carbocycles. The lowest BCUT2D eigenvalue weighted by atomic mass is 10.2. The second-order valence-electron chi connectivity index (χ2n) is 3.78. The van der Waals surface area contributed by atoms with Crippen LogP contribution in [0.25, 0.3) is 0 Å². The van der Waals surface area contributed by atoms with E-state index in [9.17, 15) is 0 Å². The summed E-state index contributed by atoms with van der Waals surface area (Å²) in [6, 6.07) is 8.66. The Morgan fingerprint density at radius 1 is 1.33 bits per heavy atom. The maximum absolute atomic E-state index is 4.38. The van der Waals surface area contributed by atoms with Gasteiger partial charge in [-0.3, -0.25) is 4.99 Å². The third kappa shape index (κ3) is 2.18. The van der Waals surface area contributed by atoms with E-state index in [0.717, 1.165) is 25.5 Å². The fourth-order valence-electron chi connectivity index (χ4n) is 1.87. The van der Waals surface area contributed by atoms with Crippen LogP contribution < -0.4 is 10.2 Å². The van der Waals surface area contributed by atoms with Gasteiger partial charge in [0.1, 0.15) is 5.84 Å². The van der Waals surface area contributed by atoms with E-state index in [1.54, 1.807) is 0 Å². The Labute approximate surface area is 90.8 Å². The first kappa shape index (κ1) is 10.2. The van der Waals surface area contributed by atoms with Gasteiger partial charge >= 0.3 is 0 Å². The van der Waals surface area contributed by atoms with Gasteiger partial charge in [0.05, 0.1) is 6.54 Å². The number of nitrogens with zero attached hydrogens (tertiary/aromatic N) is 2. The van der Waals surface area contributed by atoms with Crippen LogP contribution in [0.4, 0.5) is 5.69 Å². The van der Waals surface area contributed by atoms with E-state index in [2.05, 4.69) is 46.4 Å². The Morgan fingerprint density at radius 3 is 2.60 bits per heavy atom. The minimum Gasteiger partial charge on any atom is -0.329 e. The fraction of sp³-hybridized carbons (Fsp3) is 0.417. The number of amidine groups is 1. The van der Waals surface area contributed by atoms with Gasteiger partial charge in [0.2, 0.25) is 0 Å². The van der Waals surface area contributed by atoms with Gasteiger partial charge in [0.15, 0.2) is 0 Å². The molecule has 1 aromatic rings. The van der Waals surface area contributed by atoms with E-state index >= 15 is 0 Å². The van der Waals surface area contributed by atoms with Crippen molar-refractivity contribution in [2.45, 2.75) is 13.5 Å². The monoisotopic (exact) mass is 203 g/mol. The van der Waals surface area contributed by atoms with Crippen LogP contribution in [0.15, 0.2) is 29.3 Å². The van der Waals surface area contributed by atoms with E-state index in [-0.39, 0.29) is 0 Å². The zero-order valence-electron chi connectivity index (χ0n) is 9.33. The van der Waals surface area contributed by atoms with Gasteiger partial charge in [-0.05, 0) is 31.7 Å². The molecule has 3 nitrogen and oxygen atoms in total. The van der Waals surface area contributed by atoms with Crippen molar-refractivity contribution in [3.63, 3.8) is 0 Å². The van der Waals surface area contributed by atoms with Crippen molar-refractivity contribution >= 4 is 11.5 Å². The molecule has 0 spiro atoms. The molecular weight excluding hydrogens is 186 g/mol. The van der Waals surface area contributed by atoms with Crippen molar-refractivity contribution in [2.24, 2.45) is 4.99 Å². The number of benzene rings is 1. The van der Waals surface area contributed by atoms with Crippen molar-refractivity contribution in [1.82, 2.24) is 5.32 Å². The summed E-state index contributed by atoms with van der Waals surface area (Å²) in [6.07, 6.45) is 0. The molecule has 0 atom stereocenters. The van der Waals surface area contributed by atoms with Gasteiger partial charge in [-0.25, -0.2) is 0 Å². The number of hydrogen-bond acceptors (Lipinski definition) is 3. The second kappa shape index (κ2) is 4.45. The first-order valence-corrected chi connectivity index (χ1v) is 5.33. The van der Waals surface area contributed by atoms with Gasteiger partial charge in [0.25, 0.3) is 0 Å². The summed E-state index contributed by atoms with van der Waals surface area (Å²) >= 11 is 0. The van der Waals surface area contributed by atoms with Crippen LogP contribution in [0.3, 0.4) is 0 Å². The number of rotatable bonds is 3. The Morgan fingerprint density at radius 2 is 2.07 bits per heavy atom. The summed E-state index contributed by atoms with van der Waals surface area (Å²) in [6.45, 7) is 4.92. The van der Waals surface area contributed by atoms with Crippen molar-refractivity contribution in [3.05, 3.63) is 29.8 Å². The summed E-state index contributed by atoms with van der Waals surface area (Å²) in [5.41, 5.74) is 2.56. The molecule has 0 unspecified atom stereocenters. The highest BCUT2D eigenvalue weighted by molar-refractivity contribution is 5.97. The Bertz CT molecular complexity index is 354. The lowest BCUT2D eigenvalue weighted by Gasteiger charge is -2.18. The minimum absolute atomic E-state index is 0.921. The largest absolute Gasteiger partial charge is 0.329 e. The maximum atomic E-state index is 4.38. The van der Waals surface area contributed by atoms with E-state index in [1.165, 1.54) is 11.3 Å². The molecular formula is C12H17N3. The molecule has 0 aliphatic carbocycles. The first-order valence-electron chi connectivity index (χ1n) is 5.33. The van der Waals surface area contributed by atoms with Crippen LogP contribution in [-0.2, 0) is 6.54 Å². The van der Waals surface area contributed by atoms with Gasteiger partial charge in [-0.1, -0.05) is 12.1 Å². The van der Waals surface area contributed by atoms with Crippen molar-refractivity contribution < 1.29 is 0 Å². The average molecular weight is 203 g/mol. The molecule has 0 fully saturated rings. The number of nitrogens with one attached hydrogen (secondary N) is 1. The van der Waals surface area contributed by atoms with Crippen molar-refractivity contribution in [3.8, 4) is 0 Å². The van der Waals surface area contributed by atoms with E-state index in [0.29, 0.717) is 0 Å². The van der Waals surface area contributed by atoms with E-state index in [4.69, 9.17) is 0 Å². The molecule has 0 amide bonds. The van der Waals surface area contributed by atoms with Crippen LogP contribution in [0, 0.1) is 0 Å². The van der Waals surface area contributed by atoms with E-state index in [1.807, 2.05) is 7.05 Å². The Balaban J connectivity index is 2.13. The summed E-state index contributed by atoms with van der Waals surface area (Å²) in [7, 11) is 1.96. The van der Waals surface area contributed by atoms with Crippen LogP contribution in [0.1, 0.15) is 12.5 Å². The molecule has 80 valence electrons. The van der Waals surface area contributed by atoms with Crippen LogP contribution in [-0.4, -0.2) is 26.0 Å². The molecule has 0 radical (unpaired) electrons. The Kier molecular flexibility index (Phi) is 3.02. The fourth-order valence-corrected chi connectivity index (χ4v) is 1.87. The highest BCUT2D eigenvalue weighted by Crippen LogP contribution is 2.18. The molecule has 1 aromatic carbocycles. The highest BCUT2D eigenvalue weighted by atomic mass is 15.2. The van der Waals surface area contributed by atoms with Crippen LogP contribution in [0.5, 0.6) is 0 Å². The summed E-state index contributed by atoms with van der Waals surface area (Å²) < 4.78 is 0. The summed E-state index contributed by atoms with van der Waals surface area (Å²) in [4.78, 5) is 6.64. The van der Waals surface area contributed by atoms with Gasteiger partial charge in [-0.2, -0.15) is 0 Å². The van der Waals surface area contributed by atoms with Gasteiger partial charge < -0.3 is 10.2 Å². The van der Waals surface area contributed by atoms with Crippen LogP contribution in [0.2, 0.25) is 0 Å². The predicted octanol–water partition coefficient (Wildman–Crippen LogP) is 1.64. The molecule has 0 bridgehead atoms. The molecule has 1 aliphatic rings. The van der Waals surface area contributed by atoms with Crippen molar-refractivity contribution in [1.29, 1.82) is 0 Å². The molecule has 1 aliphatic heterocycles. The third-order valence-corrected chi connectivity index (χ3v) is 2.68. The van der Waals surface area contributed by atoms with Crippen LogP contribution >= 0.6 is 0 Å². The maximum Gasteiger partial charge on any atom is 0.100 e. The zero-order valence-corrected chi connectivity index (χ0v) is 9.33. The first-order chi connectivity index (χ1) is 7.31. The lowest BCUT2D eigenvalue weighted by molar-refractivity contribution is 0.818. The van der Waals surface area contributed by atoms with E-state index < -0.39 is 0 Å².